The molecule has 0 aromatic rings. The van der Waals surface area contributed by atoms with E-state index in [1.54, 1.807) is 6.92 Å². The Morgan fingerprint density at radius 1 is 1.23 bits per heavy atom. The van der Waals surface area contributed by atoms with E-state index in [4.69, 9.17) is 0 Å². The van der Waals surface area contributed by atoms with Crippen LogP contribution in [-0.4, -0.2) is 65.1 Å². The molecule has 26 heavy (non-hydrogen) atoms. The summed E-state index contributed by atoms with van der Waals surface area (Å²) in [4.78, 5) is 49.4. The molecule has 2 atom stereocenters. The molecule has 9 nitrogen and oxygen atoms in total. The average molecular weight is 368 g/mol. The molecule has 5 amide bonds. The van der Waals surface area contributed by atoms with Crippen LogP contribution in [0.4, 0.5) is 4.79 Å². The maximum Gasteiger partial charge on any atom is 0.321 e. The van der Waals surface area contributed by atoms with Gasteiger partial charge in [0.05, 0.1) is 12.5 Å². The number of hydrogen-bond acceptors (Lipinski definition) is 5. The van der Waals surface area contributed by atoms with Crippen LogP contribution in [0.3, 0.4) is 0 Å². The third-order valence-electron chi connectivity index (χ3n) is 5.20. The molecule has 1 saturated carbocycles. The highest BCUT2D eigenvalue weighted by molar-refractivity contribution is 5.99. The fourth-order valence-electron chi connectivity index (χ4n) is 3.95. The minimum Gasteiger partial charge on any atom is -0.338 e. The summed E-state index contributed by atoms with van der Waals surface area (Å²) in [6.45, 7) is 2.50. The number of hydroxylamine groups is 2. The van der Waals surface area contributed by atoms with Crippen LogP contribution in [0.1, 0.15) is 45.4 Å². The Balaban J connectivity index is 2.08. The van der Waals surface area contributed by atoms with Gasteiger partial charge in [0, 0.05) is 13.1 Å². The van der Waals surface area contributed by atoms with Gasteiger partial charge in [0.15, 0.2) is 0 Å². The highest BCUT2D eigenvalue weighted by atomic mass is 16.5. The molecule has 0 radical (unpaired) electrons. The van der Waals surface area contributed by atoms with Gasteiger partial charge < -0.3 is 10.2 Å². The molecule has 0 spiro atoms. The first kappa shape index (κ1) is 20.2. The van der Waals surface area contributed by atoms with Crippen LogP contribution in [0.2, 0.25) is 0 Å². The second kappa shape index (κ2) is 9.51. The van der Waals surface area contributed by atoms with Crippen LogP contribution in [0.25, 0.3) is 0 Å². The number of urea groups is 1. The zero-order chi connectivity index (χ0) is 19.1. The standard InChI is InChI=1S/C17H28N4O5/c1-2-18-17(25)19-15(23)14-8-5-9-21(14)16(24)13(10-20(26)11-22)12-6-3-4-7-12/h11-14,26H,2-10H2,1H3,(H2,18,19,23,25)/t13?,14-/m0/s1. The van der Waals surface area contributed by atoms with Gasteiger partial charge in [0.25, 0.3) is 5.91 Å². The summed E-state index contributed by atoms with van der Waals surface area (Å²) in [5, 5.41) is 14.9. The van der Waals surface area contributed by atoms with Crippen LogP contribution in [0.15, 0.2) is 0 Å². The fraction of sp³-hybridized carbons (Fsp3) is 0.765. The van der Waals surface area contributed by atoms with Gasteiger partial charge in [0.2, 0.25) is 12.3 Å². The summed E-state index contributed by atoms with van der Waals surface area (Å²) in [5.41, 5.74) is 0. The third kappa shape index (κ3) is 4.94. The van der Waals surface area contributed by atoms with Crippen LogP contribution in [-0.2, 0) is 14.4 Å². The number of imide groups is 1. The molecule has 1 unspecified atom stereocenters. The Hall–Kier alpha value is -2.16. The Morgan fingerprint density at radius 2 is 1.92 bits per heavy atom. The predicted molar refractivity (Wildman–Crippen MR) is 92.0 cm³/mol. The Bertz CT molecular complexity index is 535. The summed E-state index contributed by atoms with van der Waals surface area (Å²) in [7, 11) is 0. The maximum atomic E-state index is 13.1. The summed E-state index contributed by atoms with van der Waals surface area (Å²) in [5.74, 6) is -1.18. The molecule has 3 N–H and O–H groups in total. The van der Waals surface area contributed by atoms with Crippen molar-refractivity contribution in [2.75, 3.05) is 19.6 Å². The van der Waals surface area contributed by atoms with E-state index in [1.807, 2.05) is 0 Å². The molecule has 2 aliphatic rings. The van der Waals surface area contributed by atoms with E-state index in [9.17, 15) is 24.4 Å². The lowest BCUT2D eigenvalue weighted by Gasteiger charge is -2.31. The zero-order valence-electron chi connectivity index (χ0n) is 15.1. The first-order valence-corrected chi connectivity index (χ1v) is 9.27. The molecule has 1 aliphatic heterocycles. The second-order valence-electron chi connectivity index (χ2n) is 6.92. The number of amides is 5. The van der Waals surface area contributed by atoms with Crippen molar-refractivity contribution in [1.82, 2.24) is 20.6 Å². The minimum absolute atomic E-state index is 0.0752. The third-order valence-corrected chi connectivity index (χ3v) is 5.20. The molecule has 0 aromatic carbocycles. The van der Waals surface area contributed by atoms with Gasteiger partial charge in [-0.25, -0.2) is 9.86 Å². The summed E-state index contributed by atoms with van der Waals surface area (Å²) in [6.07, 6.45) is 5.22. The average Bonchev–Trinajstić information content (AvgIpc) is 3.30. The maximum absolute atomic E-state index is 13.1. The number of carbonyl (C=O) groups is 4. The lowest BCUT2D eigenvalue weighted by Crippen LogP contribution is -2.52. The van der Waals surface area contributed by atoms with Gasteiger partial charge in [-0.3, -0.25) is 24.9 Å². The van der Waals surface area contributed by atoms with Gasteiger partial charge in [0.1, 0.15) is 6.04 Å². The van der Waals surface area contributed by atoms with E-state index in [-0.39, 0.29) is 18.4 Å². The van der Waals surface area contributed by atoms with Crippen molar-refractivity contribution in [3.63, 3.8) is 0 Å². The Kier molecular flexibility index (Phi) is 7.38. The molecule has 1 saturated heterocycles. The highest BCUT2D eigenvalue weighted by Crippen LogP contribution is 2.34. The van der Waals surface area contributed by atoms with Crippen molar-refractivity contribution in [2.45, 2.75) is 51.5 Å². The molecule has 2 rings (SSSR count). The quantitative estimate of drug-likeness (QED) is 0.343. The molecular weight excluding hydrogens is 340 g/mol. The number of hydrogen-bond donors (Lipinski definition) is 3. The number of carbonyl (C=O) groups excluding carboxylic acids is 4. The van der Waals surface area contributed by atoms with Crippen molar-refractivity contribution in [1.29, 1.82) is 0 Å². The summed E-state index contributed by atoms with van der Waals surface area (Å²) < 4.78 is 0. The monoisotopic (exact) mass is 368 g/mol. The molecule has 146 valence electrons. The van der Waals surface area contributed by atoms with E-state index in [2.05, 4.69) is 10.6 Å². The first-order valence-electron chi connectivity index (χ1n) is 9.27. The van der Waals surface area contributed by atoms with Gasteiger partial charge in [-0.05, 0) is 38.5 Å². The molecule has 1 heterocycles. The lowest BCUT2D eigenvalue weighted by molar-refractivity contribution is -0.159. The van der Waals surface area contributed by atoms with Crippen LogP contribution in [0.5, 0.6) is 0 Å². The largest absolute Gasteiger partial charge is 0.338 e. The second-order valence-corrected chi connectivity index (χ2v) is 6.92. The van der Waals surface area contributed by atoms with Crippen molar-refractivity contribution in [3.8, 4) is 0 Å². The summed E-state index contributed by atoms with van der Waals surface area (Å²) >= 11 is 0. The molecule has 0 bridgehead atoms. The number of likely N-dealkylation sites (tertiary alicyclic amines) is 1. The molecule has 9 heteroatoms. The molecule has 2 fully saturated rings. The first-order chi connectivity index (χ1) is 12.5. The van der Waals surface area contributed by atoms with E-state index in [0.717, 1.165) is 25.7 Å². The van der Waals surface area contributed by atoms with Crippen LogP contribution >= 0.6 is 0 Å². The Labute approximate surface area is 153 Å². The normalized spacial score (nSPS) is 21.3. The molecular formula is C17H28N4O5. The smallest absolute Gasteiger partial charge is 0.321 e. The van der Waals surface area contributed by atoms with Crippen molar-refractivity contribution < 1.29 is 24.4 Å². The van der Waals surface area contributed by atoms with Gasteiger partial charge in [-0.15, -0.1) is 0 Å². The SMILES string of the molecule is CCNC(=O)NC(=O)[C@@H]1CCCN1C(=O)C(CN(O)C=O)C1CCCC1. The number of nitrogens with zero attached hydrogens (tertiary/aromatic N) is 2. The zero-order valence-corrected chi connectivity index (χ0v) is 15.1. The number of nitrogens with one attached hydrogen (secondary N) is 2. The highest BCUT2D eigenvalue weighted by Gasteiger charge is 2.41. The van der Waals surface area contributed by atoms with E-state index in [0.29, 0.717) is 37.4 Å². The van der Waals surface area contributed by atoms with Gasteiger partial charge in [-0.1, -0.05) is 12.8 Å². The number of rotatable bonds is 7. The topological polar surface area (TPSA) is 119 Å². The Morgan fingerprint density at radius 3 is 2.54 bits per heavy atom. The van der Waals surface area contributed by atoms with Crippen LogP contribution < -0.4 is 10.6 Å². The summed E-state index contributed by atoms with van der Waals surface area (Å²) in [6, 6.07) is -1.27. The van der Waals surface area contributed by atoms with Crippen molar-refractivity contribution >= 4 is 24.3 Å². The van der Waals surface area contributed by atoms with Gasteiger partial charge in [-0.2, -0.15) is 0 Å². The van der Waals surface area contributed by atoms with Crippen molar-refractivity contribution in [3.05, 3.63) is 0 Å². The lowest BCUT2D eigenvalue weighted by atomic mass is 9.89. The predicted octanol–water partition coefficient (Wildman–Crippen LogP) is 0.477. The fourth-order valence-corrected chi connectivity index (χ4v) is 3.95. The van der Waals surface area contributed by atoms with E-state index >= 15 is 0 Å². The van der Waals surface area contributed by atoms with E-state index in [1.165, 1.54) is 4.90 Å². The van der Waals surface area contributed by atoms with E-state index < -0.39 is 23.9 Å². The van der Waals surface area contributed by atoms with Gasteiger partial charge >= 0.3 is 6.03 Å². The molecule has 0 aromatic heterocycles. The van der Waals surface area contributed by atoms with Crippen LogP contribution in [0, 0.1) is 11.8 Å². The molecule has 1 aliphatic carbocycles. The minimum atomic E-state index is -0.697. The van der Waals surface area contributed by atoms with Crippen molar-refractivity contribution in [2.24, 2.45) is 11.8 Å².